The molecule has 102 valence electrons. The van der Waals surface area contributed by atoms with E-state index >= 15 is 0 Å². The Morgan fingerprint density at radius 3 is 2.88 bits per heavy atom. The van der Waals surface area contributed by atoms with E-state index in [0.29, 0.717) is 18.6 Å². The molecule has 3 nitrogen and oxygen atoms in total. The molecule has 1 rings (SSSR count). The van der Waals surface area contributed by atoms with Gasteiger partial charge in [0.15, 0.2) is 0 Å². The molecule has 2 unspecified atom stereocenters. The van der Waals surface area contributed by atoms with Crippen molar-refractivity contribution in [1.82, 2.24) is 10.2 Å². The molecular formula is C14H30N2O. The third-order valence-corrected chi connectivity index (χ3v) is 3.68. The molecule has 0 aromatic rings. The second kappa shape index (κ2) is 8.90. The summed E-state index contributed by atoms with van der Waals surface area (Å²) in [6.07, 6.45) is 6.28. The fourth-order valence-corrected chi connectivity index (χ4v) is 2.67. The average molecular weight is 242 g/mol. The summed E-state index contributed by atoms with van der Waals surface area (Å²) in [6.45, 7) is 9.35. The predicted octanol–water partition coefficient (Wildman–Crippen LogP) is 1.86. The van der Waals surface area contributed by atoms with E-state index in [-0.39, 0.29) is 0 Å². The maximum Gasteiger partial charge on any atom is 0.0586 e. The van der Waals surface area contributed by atoms with E-state index in [1.807, 2.05) is 0 Å². The van der Waals surface area contributed by atoms with Crippen LogP contribution in [0.25, 0.3) is 0 Å². The van der Waals surface area contributed by atoms with Crippen LogP contribution in [0, 0.1) is 5.92 Å². The zero-order valence-corrected chi connectivity index (χ0v) is 11.6. The Morgan fingerprint density at radius 2 is 2.18 bits per heavy atom. The van der Waals surface area contributed by atoms with Gasteiger partial charge < -0.3 is 10.4 Å². The van der Waals surface area contributed by atoms with Gasteiger partial charge in [-0.2, -0.15) is 0 Å². The molecule has 0 aliphatic carbocycles. The molecule has 1 saturated heterocycles. The van der Waals surface area contributed by atoms with Crippen molar-refractivity contribution in [1.29, 1.82) is 0 Å². The van der Waals surface area contributed by atoms with Gasteiger partial charge in [0.05, 0.1) is 6.61 Å². The van der Waals surface area contributed by atoms with Crippen LogP contribution in [0.4, 0.5) is 0 Å². The Labute approximate surface area is 107 Å². The fourth-order valence-electron chi connectivity index (χ4n) is 2.67. The van der Waals surface area contributed by atoms with Crippen molar-refractivity contribution in [2.75, 3.05) is 32.8 Å². The van der Waals surface area contributed by atoms with Crippen LogP contribution in [0.3, 0.4) is 0 Å². The largest absolute Gasteiger partial charge is 0.395 e. The number of nitrogens with one attached hydrogen (secondary N) is 1. The molecule has 0 spiro atoms. The highest BCUT2D eigenvalue weighted by atomic mass is 16.3. The first-order valence-corrected chi connectivity index (χ1v) is 7.33. The number of hydrogen-bond acceptors (Lipinski definition) is 3. The van der Waals surface area contributed by atoms with E-state index in [0.717, 1.165) is 19.6 Å². The number of aliphatic hydroxyl groups is 1. The van der Waals surface area contributed by atoms with E-state index in [2.05, 4.69) is 24.1 Å². The summed E-state index contributed by atoms with van der Waals surface area (Å²) < 4.78 is 0. The number of rotatable bonds is 7. The monoisotopic (exact) mass is 242 g/mol. The maximum atomic E-state index is 9.46. The molecule has 1 heterocycles. The third-order valence-electron chi connectivity index (χ3n) is 3.68. The minimum Gasteiger partial charge on any atom is -0.395 e. The van der Waals surface area contributed by atoms with Gasteiger partial charge in [-0.25, -0.2) is 0 Å². The summed E-state index contributed by atoms with van der Waals surface area (Å²) in [6, 6.07) is 0.408. The summed E-state index contributed by atoms with van der Waals surface area (Å²) in [5.41, 5.74) is 0. The number of hydrogen-bond donors (Lipinski definition) is 2. The Kier molecular flexibility index (Phi) is 7.82. The smallest absolute Gasteiger partial charge is 0.0586 e. The van der Waals surface area contributed by atoms with Crippen molar-refractivity contribution >= 4 is 0 Å². The lowest BCUT2D eigenvalue weighted by molar-refractivity contribution is 0.111. The predicted molar refractivity (Wildman–Crippen MR) is 73.2 cm³/mol. The lowest BCUT2D eigenvalue weighted by Crippen LogP contribution is -2.42. The van der Waals surface area contributed by atoms with E-state index < -0.39 is 0 Å². The lowest BCUT2D eigenvalue weighted by atomic mass is 10.1. The first kappa shape index (κ1) is 14.9. The highest BCUT2D eigenvalue weighted by molar-refractivity contribution is 4.76. The van der Waals surface area contributed by atoms with Crippen molar-refractivity contribution < 1.29 is 5.11 Å². The summed E-state index contributed by atoms with van der Waals surface area (Å²) in [5, 5.41) is 12.9. The van der Waals surface area contributed by atoms with Gasteiger partial charge in [-0.3, -0.25) is 4.90 Å². The van der Waals surface area contributed by atoms with Crippen LogP contribution in [-0.2, 0) is 0 Å². The van der Waals surface area contributed by atoms with Gasteiger partial charge in [-0.1, -0.05) is 26.7 Å². The van der Waals surface area contributed by atoms with Crippen molar-refractivity contribution in [3.63, 3.8) is 0 Å². The van der Waals surface area contributed by atoms with E-state index in [4.69, 9.17) is 0 Å². The Balaban J connectivity index is 2.30. The summed E-state index contributed by atoms with van der Waals surface area (Å²) in [5.74, 6) is 0.675. The first-order valence-electron chi connectivity index (χ1n) is 7.33. The normalized spacial score (nSPS) is 24.5. The Bertz CT molecular complexity index is 187. The van der Waals surface area contributed by atoms with Crippen LogP contribution >= 0.6 is 0 Å². The summed E-state index contributed by atoms with van der Waals surface area (Å²) in [7, 11) is 0. The van der Waals surface area contributed by atoms with Crippen LogP contribution in [0.15, 0.2) is 0 Å². The second-order valence-electron chi connectivity index (χ2n) is 5.49. The molecule has 0 bridgehead atoms. The van der Waals surface area contributed by atoms with Gasteiger partial charge >= 0.3 is 0 Å². The molecule has 3 heteroatoms. The zero-order chi connectivity index (χ0) is 12.5. The zero-order valence-electron chi connectivity index (χ0n) is 11.6. The van der Waals surface area contributed by atoms with Crippen molar-refractivity contribution in [2.24, 2.45) is 5.92 Å². The van der Waals surface area contributed by atoms with Gasteiger partial charge in [0, 0.05) is 12.6 Å². The number of aliphatic hydroxyl groups excluding tert-OH is 1. The third kappa shape index (κ3) is 5.84. The molecule has 0 amide bonds. The van der Waals surface area contributed by atoms with Crippen molar-refractivity contribution in [3.05, 3.63) is 0 Å². The average Bonchev–Trinajstić information content (AvgIpc) is 2.54. The molecule has 0 aromatic carbocycles. The molecule has 0 radical (unpaired) electrons. The summed E-state index contributed by atoms with van der Waals surface area (Å²) >= 11 is 0. The number of nitrogens with zero attached hydrogens (tertiary/aromatic N) is 1. The van der Waals surface area contributed by atoms with Crippen LogP contribution in [0.1, 0.15) is 46.0 Å². The molecule has 1 aliphatic heterocycles. The van der Waals surface area contributed by atoms with Crippen molar-refractivity contribution in [2.45, 2.75) is 52.0 Å². The molecule has 17 heavy (non-hydrogen) atoms. The Morgan fingerprint density at radius 1 is 1.35 bits per heavy atom. The molecule has 2 N–H and O–H groups in total. The summed E-state index contributed by atoms with van der Waals surface area (Å²) in [4.78, 5) is 2.51. The van der Waals surface area contributed by atoms with Gasteiger partial charge in [0.2, 0.25) is 0 Å². The van der Waals surface area contributed by atoms with Crippen molar-refractivity contribution in [3.8, 4) is 0 Å². The molecule has 1 fully saturated rings. The second-order valence-corrected chi connectivity index (χ2v) is 5.49. The molecule has 0 saturated carbocycles. The van der Waals surface area contributed by atoms with Gasteiger partial charge in [0.1, 0.15) is 0 Å². The van der Waals surface area contributed by atoms with Crippen LogP contribution in [-0.4, -0.2) is 48.8 Å². The highest BCUT2D eigenvalue weighted by Gasteiger charge is 2.21. The molecule has 2 atom stereocenters. The minimum atomic E-state index is 0.328. The van der Waals surface area contributed by atoms with Gasteiger partial charge in [-0.15, -0.1) is 0 Å². The highest BCUT2D eigenvalue weighted by Crippen LogP contribution is 2.17. The lowest BCUT2D eigenvalue weighted by Gasteiger charge is -2.31. The van der Waals surface area contributed by atoms with Crippen LogP contribution in [0.5, 0.6) is 0 Å². The first-order chi connectivity index (χ1) is 8.27. The fraction of sp³-hybridized carbons (Fsp3) is 1.00. The number of likely N-dealkylation sites (tertiary alicyclic amines) is 1. The van der Waals surface area contributed by atoms with Crippen LogP contribution in [0.2, 0.25) is 0 Å². The molecular weight excluding hydrogens is 212 g/mol. The SMILES string of the molecule is CCCNCC(C)CN1CCCCCC1CO. The minimum absolute atomic E-state index is 0.328. The van der Waals surface area contributed by atoms with Gasteiger partial charge in [-0.05, 0) is 44.8 Å². The van der Waals surface area contributed by atoms with E-state index in [9.17, 15) is 5.11 Å². The molecule has 1 aliphatic rings. The van der Waals surface area contributed by atoms with Crippen LogP contribution < -0.4 is 5.32 Å². The molecule has 0 aromatic heterocycles. The van der Waals surface area contributed by atoms with E-state index in [1.165, 1.54) is 38.6 Å². The Hall–Kier alpha value is -0.120. The van der Waals surface area contributed by atoms with Gasteiger partial charge in [0.25, 0.3) is 0 Å². The maximum absolute atomic E-state index is 9.46. The standard InChI is InChI=1S/C14H30N2O/c1-3-8-15-10-13(2)11-16-9-6-4-5-7-14(16)12-17/h13-15,17H,3-12H2,1-2H3. The topological polar surface area (TPSA) is 35.5 Å². The van der Waals surface area contributed by atoms with E-state index in [1.54, 1.807) is 0 Å². The quantitative estimate of drug-likeness (QED) is 0.669.